The van der Waals surface area contributed by atoms with Crippen LogP contribution in [0.5, 0.6) is 0 Å². The van der Waals surface area contributed by atoms with Crippen molar-refractivity contribution in [3.05, 3.63) is 35.9 Å². The third kappa shape index (κ3) is 4.77. The van der Waals surface area contributed by atoms with Crippen LogP contribution in [-0.2, 0) is 19.1 Å². The fraction of sp³-hybridized carbons (Fsp3) is 0.529. The lowest BCUT2D eigenvalue weighted by Gasteiger charge is -2.16. The number of likely N-dealkylation sites (tertiary alicyclic amines) is 1. The van der Waals surface area contributed by atoms with E-state index >= 15 is 0 Å². The Hall–Kier alpha value is -1.92. The largest absolute Gasteiger partial charge is 0.481 e. The number of methoxy groups -OCH3 is 1. The van der Waals surface area contributed by atoms with E-state index in [2.05, 4.69) is 0 Å². The SMILES string of the molecule is COCCOCCC(=O)N1C[C@H](C(=O)O)[C@H](c2ccccc2)C1. The highest BCUT2D eigenvalue weighted by atomic mass is 16.5. The molecule has 126 valence electrons. The van der Waals surface area contributed by atoms with Gasteiger partial charge in [0, 0.05) is 26.1 Å². The molecule has 23 heavy (non-hydrogen) atoms. The van der Waals surface area contributed by atoms with Crippen LogP contribution >= 0.6 is 0 Å². The molecular formula is C17H23NO5. The standard InChI is InChI=1S/C17H23NO5/c1-22-9-10-23-8-7-16(19)18-11-14(15(12-18)17(20)21)13-5-3-2-4-6-13/h2-6,14-15H,7-12H2,1H3,(H,20,21)/t14-,15-/m0/s1. The van der Waals surface area contributed by atoms with E-state index in [1.807, 2.05) is 30.3 Å². The highest BCUT2D eigenvalue weighted by molar-refractivity contribution is 5.79. The normalized spacial score (nSPS) is 20.7. The molecule has 1 amide bonds. The Labute approximate surface area is 136 Å². The molecular weight excluding hydrogens is 298 g/mol. The van der Waals surface area contributed by atoms with Gasteiger partial charge in [-0.1, -0.05) is 30.3 Å². The van der Waals surface area contributed by atoms with E-state index < -0.39 is 11.9 Å². The second-order valence-electron chi connectivity index (χ2n) is 5.62. The molecule has 0 saturated carbocycles. The summed E-state index contributed by atoms with van der Waals surface area (Å²) in [6, 6.07) is 9.52. The molecule has 2 atom stereocenters. The van der Waals surface area contributed by atoms with E-state index in [4.69, 9.17) is 9.47 Å². The van der Waals surface area contributed by atoms with Crippen molar-refractivity contribution in [1.82, 2.24) is 4.90 Å². The maximum atomic E-state index is 12.2. The van der Waals surface area contributed by atoms with Crippen molar-refractivity contribution in [2.45, 2.75) is 12.3 Å². The van der Waals surface area contributed by atoms with Crippen LogP contribution in [0.15, 0.2) is 30.3 Å². The monoisotopic (exact) mass is 321 g/mol. The molecule has 6 heteroatoms. The van der Waals surface area contributed by atoms with Crippen molar-refractivity contribution in [1.29, 1.82) is 0 Å². The summed E-state index contributed by atoms with van der Waals surface area (Å²) in [5, 5.41) is 9.44. The first kappa shape index (κ1) is 17.4. The number of hydrogen-bond acceptors (Lipinski definition) is 4. The van der Waals surface area contributed by atoms with Crippen LogP contribution in [0.4, 0.5) is 0 Å². The van der Waals surface area contributed by atoms with Gasteiger partial charge in [0.05, 0.1) is 32.2 Å². The van der Waals surface area contributed by atoms with E-state index in [9.17, 15) is 14.7 Å². The van der Waals surface area contributed by atoms with E-state index in [0.717, 1.165) is 5.56 Å². The molecule has 0 bridgehead atoms. The summed E-state index contributed by atoms with van der Waals surface area (Å²) in [7, 11) is 1.59. The number of carboxylic acid groups (broad SMARTS) is 1. The van der Waals surface area contributed by atoms with Crippen molar-refractivity contribution < 1.29 is 24.2 Å². The average Bonchev–Trinajstić information content (AvgIpc) is 3.01. The van der Waals surface area contributed by atoms with Gasteiger partial charge in [-0.05, 0) is 5.56 Å². The number of ether oxygens (including phenoxy) is 2. The summed E-state index contributed by atoms with van der Waals surface area (Å²) in [6.45, 7) is 1.97. The predicted molar refractivity (Wildman–Crippen MR) is 84.2 cm³/mol. The lowest BCUT2D eigenvalue weighted by atomic mass is 9.89. The minimum Gasteiger partial charge on any atom is -0.481 e. The second kappa shape index (κ2) is 8.64. The molecule has 6 nitrogen and oxygen atoms in total. The molecule has 2 rings (SSSR count). The maximum absolute atomic E-state index is 12.2. The number of aliphatic carboxylic acids is 1. The highest BCUT2D eigenvalue weighted by Crippen LogP contribution is 2.33. The van der Waals surface area contributed by atoms with E-state index in [1.165, 1.54) is 0 Å². The summed E-state index contributed by atoms with van der Waals surface area (Å²) in [5.74, 6) is -1.64. The van der Waals surface area contributed by atoms with Crippen molar-refractivity contribution in [2.75, 3.05) is 40.0 Å². The molecule has 0 unspecified atom stereocenters. The molecule has 1 N–H and O–H groups in total. The van der Waals surface area contributed by atoms with Crippen LogP contribution in [0.1, 0.15) is 17.9 Å². The van der Waals surface area contributed by atoms with Crippen molar-refractivity contribution in [3.8, 4) is 0 Å². The van der Waals surface area contributed by atoms with Gasteiger partial charge in [-0.15, -0.1) is 0 Å². The maximum Gasteiger partial charge on any atom is 0.308 e. The second-order valence-corrected chi connectivity index (χ2v) is 5.62. The van der Waals surface area contributed by atoms with E-state index in [1.54, 1.807) is 12.0 Å². The number of carbonyl (C=O) groups is 2. The number of hydrogen-bond donors (Lipinski definition) is 1. The van der Waals surface area contributed by atoms with Crippen LogP contribution < -0.4 is 0 Å². The molecule has 0 radical (unpaired) electrons. The summed E-state index contributed by atoms with van der Waals surface area (Å²) in [5.41, 5.74) is 0.964. The minimum absolute atomic E-state index is 0.0629. The zero-order chi connectivity index (χ0) is 16.7. The Morgan fingerprint density at radius 2 is 1.91 bits per heavy atom. The van der Waals surface area contributed by atoms with Gasteiger partial charge in [0.2, 0.25) is 5.91 Å². The number of rotatable bonds is 8. The first-order valence-electron chi connectivity index (χ1n) is 7.75. The van der Waals surface area contributed by atoms with Crippen LogP contribution in [0.25, 0.3) is 0 Å². The Bertz CT molecular complexity index is 519. The summed E-state index contributed by atoms with van der Waals surface area (Å²) in [6.07, 6.45) is 0.261. The van der Waals surface area contributed by atoms with Gasteiger partial charge < -0.3 is 19.5 Å². The molecule has 1 saturated heterocycles. The topological polar surface area (TPSA) is 76.1 Å². The summed E-state index contributed by atoms with van der Waals surface area (Å²) in [4.78, 5) is 25.4. The number of amides is 1. The lowest BCUT2D eigenvalue weighted by Crippen LogP contribution is -2.30. The van der Waals surface area contributed by atoms with Gasteiger partial charge in [-0.2, -0.15) is 0 Å². The van der Waals surface area contributed by atoms with Crippen molar-refractivity contribution >= 4 is 11.9 Å². The number of carboxylic acids is 1. The molecule has 0 spiro atoms. The van der Waals surface area contributed by atoms with Crippen LogP contribution in [0, 0.1) is 5.92 Å². The number of nitrogens with zero attached hydrogens (tertiary/aromatic N) is 1. The zero-order valence-corrected chi connectivity index (χ0v) is 13.3. The summed E-state index contributed by atoms with van der Waals surface area (Å²) >= 11 is 0. The van der Waals surface area contributed by atoms with Gasteiger partial charge >= 0.3 is 5.97 Å². The zero-order valence-electron chi connectivity index (χ0n) is 13.3. The Morgan fingerprint density at radius 3 is 2.57 bits per heavy atom. The van der Waals surface area contributed by atoms with Gasteiger partial charge in [0.25, 0.3) is 0 Å². The molecule has 1 heterocycles. The highest BCUT2D eigenvalue weighted by Gasteiger charge is 2.40. The fourth-order valence-electron chi connectivity index (χ4n) is 2.86. The minimum atomic E-state index is -0.856. The Balaban J connectivity index is 1.92. The van der Waals surface area contributed by atoms with Gasteiger partial charge in [0.1, 0.15) is 0 Å². The molecule has 0 aliphatic carbocycles. The van der Waals surface area contributed by atoms with Crippen LogP contribution in [0.3, 0.4) is 0 Å². The third-order valence-corrected chi connectivity index (χ3v) is 4.11. The number of benzene rings is 1. The van der Waals surface area contributed by atoms with Crippen molar-refractivity contribution in [3.63, 3.8) is 0 Å². The van der Waals surface area contributed by atoms with Crippen LogP contribution in [-0.4, -0.2) is 61.9 Å². The Kier molecular flexibility index (Phi) is 6.55. The molecule has 1 aliphatic rings. The molecule has 1 aromatic carbocycles. The number of carbonyl (C=O) groups excluding carboxylic acids is 1. The van der Waals surface area contributed by atoms with E-state index in [-0.39, 0.29) is 24.8 Å². The van der Waals surface area contributed by atoms with Crippen molar-refractivity contribution in [2.24, 2.45) is 5.92 Å². The lowest BCUT2D eigenvalue weighted by molar-refractivity contribution is -0.141. The quantitative estimate of drug-likeness (QED) is 0.732. The molecule has 1 aliphatic heterocycles. The first-order valence-corrected chi connectivity index (χ1v) is 7.75. The smallest absolute Gasteiger partial charge is 0.308 e. The predicted octanol–water partition coefficient (Wildman–Crippen LogP) is 1.37. The molecule has 1 aromatic rings. The first-order chi connectivity index (χ1) is 11.1. The third-order valence-electron chi connectivity index (χ3n) is 4.11. The molecule has 1 fully saturated rings. The Morgan fingerprint density at radius 1 is 1.17 bits per heavy atom. The van der Waals surface area contributed by atoms with Crippen LogP contribution in [0.2, 0.25) is 0 Å². The van der Waals surface area contributed by atoms with Gasteiger partial charge in [-0.25, -0.2) is 0 Å². The summed E-state index contributed by atoms with van der Waals surface area (Å²) < 4.78 is 10.2. The molecule has 0 aromatic heterocycles. The van der Waals surface area contributed by atoms with Gasteiger partial charge in [-0.3, -0.25) is 9.59 Å². The average molecular weight is 321 g/mol. The van der Waals surface area contributed by atoms with E-state index in [0.29, 0.717) is 26.4 Å². The van der Waals surface area contributed by atoms with Gasteiger partial charge in [0.15, 0.2) is 0 Å². The fourth-order valence-corrected chi connectivity index (χ4v) is 2.86.